The molecule has 0 bridgehead atoms. The van der Waals surface area contributed by atoms with Crippen LogP contribution < -0.4 is 10.6 Å². The highest BCUT2D eigenvalue weighted by Crippen LogP contribution is 2.35. The molecule has 10 heteroatoms. The number of thioether (sulfide) groups is 1. The summed E-state index contributed by atoms with van der Waals surface area (Å²) in [5.74, 6) is 1.61. The van der Waals surface area contributed by atoms with Crippen molar-refractivity contribution in [3.63, 3.8) is 0 Å². The second kappa shape index (κ2) is 13.9. The zero-order valence-corrected chi connectivity index (χ0v) is 23.0. The zero-order chi connectivity index (χ0) is 27.6. The van der Waals surface area contributed by atoms with Gasteiger partial charge in [0.25, 0.3) is 0 Å². The van der Waals surface area contributed by atoms with Crippen molar-refractivity contribution in [1.82, 2.24) is 15.5 Å². The molecule has 1 aliphatic carbocycles. The van der Waals surface area contributed by atoms with Crippen LogP contribution in [0.25, 0.3) is 0 Å². The molecule has 1 saturated carbocycles. The second-order valence-corrected chi connectivity index (χ2v) is 10.7. The first-order chi connectivity index (χ1) is 17.5. The van der Waals surface area contributed by atoms with Crippen LogP contribution in [-0.4, -0.2) is 72.1 Å². The molecule has 37 heavy (non-hydrogen) atoms. The fourth-order valence-electron chi connectivity index (χ4n) is 3.92. The van der Waals surface area contributed by atoms with Gasteiger partial charge in [0, 0.05) is 11.6 Å². The Kier molecular flexibility index (Phi) is 11.3. The third-order valence-corrected chi connectivity index (χ3v) is 6.54. The van der Waals surface area contributed by atoms with Crippen molar-refractivity contribution in [2.75, 3.05) is 25.7 Å². The molecule has 9 nitrogen and oxygen atoms in total. The Morgan fingerprint density at radius 2 is 1.89 bits per heavy atom. The molecule has 0 aromatic heterocycles. The van der Waals surface area contributed by atoms with E-state index in [9.17, 15) is 19.2 Å². The topological polar surface area (TPSA) is 114 Å². The highest BCUT2D eigenvalue weighted by Gasteiger charge is 2.42. The Hall–Kier alpha value is -3.19. The number of hydrogen-bond acceptors (Lipinski definition) is 7. The molecular weight excluding hydrogens is 494 g/mol. The predicted molar refractivity (Wildman–Crippen MR) is 143 cm³/mol. The number of rotatable bonds is 11. The first kappa shape index (κ1) is 30.0. The Bertz CT molecular complexity index is 1010. The smallest absolute Gasteiger partial charge is 0.408 e. The van der Waals surface area contributed by atoms with Gasteiger partial charge in [0.1, 0.15) is 24.2 Å². The van der Waals surface area contributed by atoms with Crippen molar-refractivity contribution >= 4 is 35.6 Å². The summed E-state index contributed by atoms with van der Waals surface area (Å²) in [4.78, 5) is 53.6. The molecule has 1 aromatic carbocycles. The van der Waals surface area contributed by atoms with Crippen molar-refractivity contribution in [2.45, 2.75) is 70.2 Å². The average molecular weight is 532 g/mol. The summed E-state index contributed by atoms with van der Waals surface area (Å²) in [7, 11) is 1.22. The van der Waals surface area contributed by atoms with Gasteiger partial charge in [-0.1, -0.05) is 24.1 Å². The SMILES string of the molecule is C#Cc1ccccc1C(C(=O)NCC(=O)OC)N(C(=O)C(CCSC)NC(=O)OC(C)(C)C)C1CCC1. The number of hydrogen-bond donors (Lipinski definition) is 2. The van der Waals surface area contributed by atoms with E-state index in [-0.39, 0.29) is 12.6 Å². The molecule has 0 saturated heterocycles. The van der Waals surface area contributed by atoms with Crippen molar-refractivity contribution in [3.8, 4) is 12.3 Å². The molecule has 2 N–H and O–H groups in total. The fraction of sp³-hybridized carbons (Fsp3) is 0.556. The van der Waals surface area contributed by atoms with E-state index in [0.717, 1.165) is 6.42 Å². The number of amides is 3. The van der Waals surface area contributed by atoms with E-state index < -0.39 is 41.6 Å². The lowest BCUT2D eigenvalue weighted by atomic mass is 9.87. The monoisotopic (exact) mass is 531 g/mol. The van der Waals surface area contributed by atoms with E-state index >= 15 is 0 Å². The molecule has 0 radical (unpaired) electrons. The van der Waals surface area contributed by atoms with E-state index in [2.05, 4.69) is 21.3 Å². The molecule has 1 fully saturated rings. The van der Waals surface area contributed by atoms with Gasteiger partial charge in [0.15, 0.2) is 0 Å². The van der Waals surface area contributed by atoms with Gasteiger partial charge in [0.05, 0.1) is 7.11 Å². The van der Waals surface area contributed by atoms with E-state index in [0.29, 0.717) is 36.1 Å². The van der Waals surface area contributed by atoms with Crippen LogP contribution in [0.15, 0.2) is 24.3 Å². The second-order valence-electron chi connectivity index (χ2n) is 9.74. The van der Waals surface area contributed by atoms with Gasteiger partial charge in [-0.05, 0) is 70.1 Å². The van der Waals surface area contributed by atoms with Gasteiger partial charge in [-0.2, -0.15) is 11.8 Å². The molecule has 1 aromatic rings. The highest BCUT2D eigenvalue weighted by atomic mass is 32.2. The summed E-state index contributed by atoms with van der Waals surface area (Å²) in [6, 6.07) is 4.64. The van der Waals surface area contributed by atoms with Crippen molar-refractivity contribution in [1.29, 1.82) is 0 Å². The van der Waals surface area contributed by atoms with Crippen LogP contribution in [0.4, 0.5) is 4.79 Å². The standard InChI is InChI=1S/C27H37N3O6S/c1-7-18-11-8-9-14-20(18)23(24(32)28-17-22(31)35-5)30(19-12-10-13-19)25(33)21(15-16-37-6)29-26(34)36-27(2,3)4/h1,8-9,11,14,19,21,23H,10,12-13,15-17H2,2-6H3,(H,28,32)(H,29,34). The van der Waals surface area contributed by atoms with Gasteiger partial charge in [-0.25, -0.2) is 4.79 Å². The summed E-state index contributed by atoms with van der Waals surface area (Å²) >= 11 is 1.54. The number of carbonyl (C=O) groups is 4. The third kappa shape index (κ3) is 8.71. The molecule has 0 spiro atoms. The largest absolute Gasteiger partial charge is 0.468 e. The summed E-state index contributed by atoms with van der Waals surface area (Å²) < 4.78 is 10.1. The first-order valence-electron chi connectivity index (χ1n) is 12.2. The summed E-state index contributed by atoms with van der Waals surface area (Å²) in [6.07, 6.45) is 9.59. The number of terminal acetylenes is 1. The van der Waals surface area contributed by atoms with Gasteiger partial charge in [-0.15, -0.1) is 6.42 Å². The number of carbonyl (C=O) groups excluding carboxylic acids is 4. The maximum Gasteiger partial charge on any atom is 0.408 e. The first-order valence-corrected chi connectivity index (χ1v) is 13.6. The third-order valence-electron chi connectivity index (χ3n) is 5.89. The number of benzene rings is 1. The number of esters is 1. The van der Waals surface area contributed by atoms with Crippen LogP contribution in [0, 0.1) is 12.3 Å². The van der Waals surface area contributed by atoms with Crippen LogP contribution in [0.2, 0.25) is 0 Å². The summed E-state index contributed by atoms with van der Waals surface area (Å²) in [6.45, 7) is 4.86. The maximum absolute atomic E-state index is 14.1. The minimum Gasteiger partial charge on any atom is -0.468 e. The van der Waals surface area contributed by atoms with Crippen LogP contribution in [0.1, 0.15) is 63.6 Å². The molecule has 1 aliphatic rings. The van der Waals surface area contributed by atoms with Crippen LogP contribution in [0.5, 0.6) is 0 Å². The minimum absolute atomic E-state index is 0.232. The molecule has 2 unspecified atom stereocenters. The average Bonchev–Trinajstić information content (AvgIpc) is 2.82. The molecule has 0 heterocycles. The molecular formula is C27H37N3O6S. The molecule has 3 amide bonds. The van der Waals surface area contributed by atoms with Crippen molar-refractivity contribution < 1.29 is 28.7 Å². The predicted octanol–water partition coefficient (Wildman–Crippen LogP) is 3.03. The van der Waals surface area contributed by atoms with Crippen LogP contribution >= 0.6 is 11.8 Å². The molecule has 2 atom stereocenters. The quantitative estimate of drug-likeness (QED) is 0.333. The summed E-state index contributed by atoms with van der Waals surface area (Å²) in [5.41, 5.74) is 0.180. The fourth-order valence-corrected chi connectivity index (χ4v) is 4.39. The molecule has 202 valence electrons. The lowest BCUT2D eigenvalue weighted by Gasteiger charge is -2.43. The van der Waals surface area contributed by atoms with Crippen LogP contribution in [0.3, 0.4) is 0 Å². The van der Waals surface area contributed by atoms with Gasteiger partial charge >= 0.3 is 12.1 Å². The summed E-state index contributed by atoms with van der Waals surface area (Å²) in [5, 5.41) is 5.30. The zero-order valence-electron chi connectivity index (χ0n) is 22.2. The van der Waals surface area contributed by atoms with E-state index in [1.807, 2.05) is 6.26 Å². The number of nitrogens with zero attached hydrogens (tertiary/aromatic N) is 1. The minimum atomic E-state index is -1.10. The van der Waals surface area contributed by atoms with Gasteiger partial charge < -0.3 is 25.0 Å². The number of ether oxygens (including phenoxy) is 2. The number of methoxy groups -OCH3 is 1. The van der Waals surface area contributed by atoms with Gasteiger partial charge in [0.2, 0.25) is 11.8 Å². The Morgan fingerprint density at radius 3 is 2.43 bits per heavy atom. The lowest BCUT2D eigenvalue weighted by Crippen LogP contribution is -2.58. The lowest BCUT2D eigenvalue weighted by molar-refractivity contribution is -0.148. The molecule has 2 rings (SSSR count). The Morgan fingerprint density at radius 1 is 1.22 bits per heavy atom. The maximum atomic E-state index is 14.1. The normalized spacial score (nSPS) is 14.8. The number of alkyl carbamates (subject to hydrolysis) is 1. The van der Waals surface area contributed by atoms with Crippen molar-refractivity contribution in [3.05, 3.63) is 35.4 Å². The Balaban J connectivity index is 2.51. The van der Waals surface area contributed by atoms with E-state index in [4.69, 9.17) is 11.2 Å². The van der Waals surface area contributed by atoms with Gasteiger partial charge in [-0.3, -0.25) is 14.4 Å². The molecule has 0 aliphatic heterocycles. The Labute approximate surface area is 223 Å². The number of nitrogens with one attached hydrogen (secondary N) is 2. The van der Waals surface area contributed by atoms with E-state index in [1.165, 1.54) is 23.8 Å². The van der Waals surface area contributed by atoms with E-state index in [1.54, 1.807) is 45.0 Å². The van der Waals surface area contributed by atoms with Crippen molar-refractivity contribution in [2.24, 2.45) is 0 Å². The highest BCUT2D eigenvalue weighted by molar-refractivity contribution is 7.98. The van der Waals surface area contributed by atoms with Crippen LogP contribution in [-0.2, 0) is 23.9 Å².